The Bertz CT molecular complexity index is 222. The molecule has 0 aromatic heterocycles. The normalized spacial score (nSPS) is 11.4. The second-order valence-electron chi connectivity index (χ2n) is 7.19. The lowest BCUT2D eigenvalue weighted by Crippen LogP contribution is -1.86. The zero-order valence-electron chi connectivity index (χ0n) is 16.5. The quantitative estimate of drug-likeness (QED) is 0.164. The smallest absolute Gasteiger partial charge is 0.161 e. The molecule has 0 aliphatic rings. The molecule has 0 amide bonds. The first-order valence-electron chi connectivity index (χ1n) is 10.9. The van der Waals surface area contributed by atoms with Gasteiger partial charge in [-0.25, -0.2) is 0 Å². The van der Waals surface area contributed by atoms with E-state index in [1.54, 1.807) is 0 Å². The molecule has 23 heavy (non-hydrogen) atoms. The van der Waals surface area contributed by atoms with Crippen LogP contribution in [0, 0.1) is 0 Å². The van der Waals surface area contributed by atoms with E-state index in [0.717, 1.165) is 0 Å². The molecule has 0 aliphatic heterocycles. The molecule has 0 saturated heterocycles. The van der Waals surface area contributed by atoms with Gasteiger partial charge in [-0.3, -0.25) is 0 Å². The van der Waals surface area contributed by atoms with Crippen molar-refractivity contribution in [3.05, 3.63) is 11.0 Å². The summed E-state index contributed by atoms with van der Waals surface area (Å²) in [6, 6.07) is 0. The van der Waals surface area contributed by atoms with Gasteiger partial charge >= 0.3 is 0 Å². The molecule has 0 rings (SSSR count). The summed E-state index contributed by atoms with van der Waals surface area (Å²) in [5.41, 5.74) is 0. The van der Waals surface area contributed by atoms with Gasteiger partial charge in [0.25, 0.3) is 0 Å². The van der Waals surface area contributed by atoms with E-state index in [4.69, 9.17) is 0 Å². The Morgan fingerprint density at radius 1 is 0.522 bits per heavy atom. The average Bonchev–Trinajstić information content (AvgIpc) is 2.57. The fraction of sp³-hybridized carbons (Fsp3) is 0.909. The molecule has 1 heteroatoms. The van der Waals surface area contributed by atoms with Crippen LogP contribution in [0.5, 0.6) is 0 Å². The second-order valence-corrected chi connectivity index (χ2v) is 8.62. The lowest BCUT2D eigenvalue weighted by Gasteiger charge is -2.00. The van der Waals surface area contributed by atoms with E-state index in [2.05, 4.69) is 24.9 Å². The van der Waals surface area contributed by atoms with Crippen molar-refractivity contribution < 1.29 is 0 Å². The fourth-order valence-corrected chi connectivity index (χ4v) is 4.18. The van der Waals surface area contributed by atoms with Crippen molar-refractivity contribution in [2.75, 3.05) is 0 Å². The maximum Gasteiger partial charge on any atom is 0.237 e. The topological polar surface area (TPSA) is 0 Å². The third-order valence-corrected chi connectivity index (χ3v) is 6.01. The molecule has 0 saturated carbocycles. The first-order valence-corrected chi connectivity index (χ1v) is 12.4. The molecule has 1 radical (unpaired) electrons. The summed E-state index contributed by atoms with van der Waals surface area (Å²) in [4.78, 5) is 2.52. The SMILES string of the molecule is CCCCCCCCCCC=[CH][Al][CH2]CCCCCCCCC. The summed E-state index contributed by atoms with van der Waals surface area (Å²) >= 11 is 0.603. The Kier molecular flexibility index (Phi) is 22.5. The van der Waals surface area contributed by atoms with Crippen molar-refractivity contribution >= 4 is 15.2 Å². The zero-order chi connectivity index (χ0) is 16.8. The van der Waals surface area contributed by atoms with Gasteiger partial charge in [0.2, 0.25) is 15.2 Å². The Hall–Kier alpha value is 0.272. The van der Waals surface area contributed by atoms with E-state index in [9.17, 15) is 0 Å². The van der Waals surface area contributed by atoms with Gasteiger partial charge < -0.3 is 0 Å². The summed E-state index contributed by atoms with van der Waals surface area (Å²) in [6.45, 7) is 4.59. The third kappa shape index (κ3) is 22.3. The minimum atomic E-state index is 0.603. The Morgan fingerprint density at radius 3 is 1.48 bits per heavy atom. The number of allylic oxidation sites excluding steroid dienone is 1. The third-order valence-electron chi connectivity index (χ3n) is 4.72. The monoisotopic (exact) mass is 335 g/mol. The molecule has 0 fully saturated rings. The number of hydrogen-bond acceptors (Lipinski definition) is 0. The van der Waals surface area contributed by atoms with E-state index in [0.29, 0.717) is 15.2 Å². The second kappa shape index (κ2) is 22.3. The Labute approximate surface area is 154 Å². The van der Waals surface area contributed by atoms with Crippen molar-refractivity contribution in [1.29, 1.82) is 0 Å². The molecular weight excluding hydrogens is 291 g/mol. The first kappa shape index (κ1) is 23.3. The van der Waals surface area contributed by atoms with Crippen LogP contribution in [0.2, 0.25) is 5.28 Å². The Balaban J connectivity index is 3.03. The highest BCUT2D eigenvalue weighted by atomic mass is 27.1. The van der Waals surface area contributed by atoms with Crippen LogP contribution >= 0.6 is 0 Å². The van der Waals surface area contributed by atoms with E-state index < -0.39 is 0 Å². The van der Waals surface area contributed by atoms with Crippen molar-refractivity contribution in [1.82, 2.24) is 0 Å². The maximum absolute atomic E-state index is 2.52. The van der Waals surface area contributed by atoms with Gasteiger partial charge in [0.05, 0.1) is 0 Å². The summed E-state index contributed by atoms with van der Waals surface area (Å²) in [7, 11) is 0. The lowest BCUT2D eigenvalue weighted by molar-refractivity contribution is 0.577. The molecular formula is C22H44Al. The van der Waals surface area contributed by atoms with Gasteiger partial charge in [-0.2, -0.15) is 4.94 Å². The molecule has 0 spiro atoms. The Morgan fingerprint density at radius 2 is 0.957 bits per heavy atom. The summed E-state index contributed by atoms with van der Waals surface area (Å²) in [5, 5.41) is 1.49. The highest BCUT2D eigenvalue weighted by molar-refractivity contribution is 6.41. The summed E-state index contributed by atoms with van der Waals surface area (Å²) < 4.78 is 0. The van der Waals surface area contributed by atoms with Crippen molar-refractivity contribution in [3.63, 3.8) is 0 Å². The molecule has 0 heterocycles. The average molecular weight is 336 g/mol. The van der Waals surface area contributed by atoms with Crippen molar-refractivity contribution in [3.8, 4) is 0 Å². The fourth-order valence-electron chi connectivity index (χ4n) is 3.08. The van der Waals surface area contributed by atoms with Crippen LogP contribution in [-0.4, -0.2) is 15.2 Å². The van der Waals surface area contributed by atoms with Crippen molar-refractivity contribution in [2.24, 2.45) is 0 Å². The number of rotatable bonds is 19. The van der Waals surface area contributed by atoms with E-state index >= 15 is 0 Å². The highest BCUT2D eigenvalue weighted by Crippen LogP contribution is 2.11. The molecule has 0 nitrogen and oxygen atoms in total. The van der Waals surface area contributed by atoms with Crippen LogP contribution in [0.15, 0.2) is 11.0 Å². The molecule has 0 unspecified atom stereocenters. The largest absolute Gasteiger partial charge is 0.237 e. The predicted molar refractivity (Wildman–Crippen MR) is 110 cm³/mol. The first-order chi connectivity index (χ1) is 11.4. The number of unbranched alkanes of at least 4 members (excludes halogenated alkanes) is 15. The molecule has 135 valence electrons. The number of hydrogen-bond donors (Lipinski definition) is 0. The van der Waals surface area contributed by atoms with Crippen LogP contribution in [0.4, 0.5) is 0 Å². The van der Waals surface area contributed by atoms with Crippen molar-refractivity contribution in [2.45, 2.75) is 128 Å². The molecule has 0 bridgehead atoms. The summed E-state index contributed by atoms with van der Waals surface area (Å²) in [5.74, 6) is 0. The van der Waals surface area contributed by atoms with Crippen LogP contribution < -0.4 is 0 Å². The minimum Gasteiger partial charge on any atom is -0.161 e. The molecule has 0 aromatic rings. The van der Waals surface area contributed by atoms with Gasteiger partial charge in [-0.05, 0) is 12.8 Å². The minimum absolute atomic E-state index is 0.603. The van der Waals surface area contributed by atoms with E-state index in [1.807, 2.05) is 0 Å². The van der Waals surface area contributed by atoms with Crippen LogP contribution in [0.1, 0.15) is 123 Å². The van der Waals surface area contributed by atoms with Crippen LogP contribution in [0.3, 0.4) is 0 Å². The summed E-state index contributed by atoms with van der Waals surface area (Å²) in [6.07, 6.45) is 27.0. The van der Waals surface area contributed by atoms with Gasteiger partial charge in [-0.1, -0.05) is 115 Å². The standard InChI is InChI=1S/C12H23.C10H21.Al/c1-3-5-7-9-11-12-10-8-6-4-2;1-3-5-7-9-10-8-6-4-2;/h1,3H,4-12H2,2H3;1,3-10H2,2H3;. The zero-order valence-corrected chi connectivity index (χ0v) is 17.6. The lowest BCUT2D eigenvalue weighted by atomic mass is 10.1. The maximum atomic E-state index is 2.52. The van der Waals surface area contributed by atoms with Gasteiger partial charge in [0, 0.05) is 0 Å². The molecule has 0 aliphatic carbocycles. The van der Waals surface area contributed by atoms with Gasteiger partial charge in [0.15, 0.2) is 0 Å². The van der Waals surface area contributed by atoms with E-state index in [1.165, 1.54) is 114 Å². The van der Waals surface area contributed by atoms with Crippen LogP contribution in [-0.2, 0) is 0 Å². The van der Waals surface area contributed by atoms with Crippen LogP contribution in [0.25, 0.3) is 0 Å². The van der Waals surface area contributed by atoms with Gasteiger partial charge in [-0.15, -0.1) is 6.08 Å². The molecule has 0 atom stereocenters. The predicted octanol–water partition coefficient (Wildman–Crippen LogP) is 8.29. The molecule has 0 N–H and O–H groups in total. The van der Waals surface area contributed by atoms with Gasteiger partial charge in [0.1, 0.15) is 0 Å². The van der Waals surface area contributed by atoms with E-state index in [-0.39, 0.29) is 0 Å². The highest BCUT2D eigenvalue weighted by Gasteiger charge is 1.93. The molecule has 0 aromatic carbocycles.